The van der Waals surface area contributed by atoms with Gasteiger partial charge in [0.1, 0.15) is 5.01 Å². The van der Waals surface area contributed by atoms with Crippen molar-refractivity contribution in [2.24, 2.45) is 0 Å². The number of hydrogen-bond donors (Lipinski definition) is 1. The lowest BCUT2D eigenvalue weighted by Crippen LogP contribution is -2.05. The van der Waals surface area contributed by atoms with Gasteiger partial charge in [-0.05, 0) is 12.8 Å². The third kappa shape index (κ3) is 2.34. The summed E-state index contributed by atoms with van der Waals surface area (Å²) < 4.78 is 1.84. The second-order valence-corrected chi connectivity index (χ2v) is 6.89. The van der Waals surface area contributed by atoms with Crippen molar-refractivity contribution in [2.45, 2.75) is 44.6 Å². The first kappa shape index (κ1) is 13.9. The minimum absolute atomic E-state index is 0.0424. The molecule has 2 heterocycles. The van der Waals surface area contributed by atoms with Crippen molar-refractivity contribution in [3.63, 3.8) is 0 Å². The SMILES string of the molecule is OCc1c(-c2ccccc2)nc2sc(C3CCCCC3)nn12. The molecule has 0 radical (unpaired) electrons. The van der Waals surface area contributed by atoms with Crippen LogP contribution in [0, 0.1) is 0 Å². The number of imidazole rings is 1. The lowest BCUT2D eigenvalue weighted by molar-refractivity contribution is 0.274. The number of nitrogens with zero attached hydrogens (tertiary/aromatic N) is 3. The Bertz CT molecular complexity index is 772. The summed E-state index contributed by atoms with van der Waals surface area (Å²) in [4.78, 5) is 5.62. The summed E-state index contributed by atoms with van der Waals surface area (Å²) >= 11 is 1.68. The number of benzene rings is 1. The Morgan fingerprint density at radius 1 is 1.14 bits per heavy atom. The van der Waals surface area contributed by atoms with Gasteiger partial charge in [0.05, 0.1) is 18.0 Å². The lowest BCUT2D eigenvalue weighted by Gasteiger charge is -2.18. The lowest BCUT2D eigenvalue weighted by atomic mass is 9.90. The van der Waals surface area contributed by atoms with Crippen molar-refractivity contribution in [3.8, 4) is 11.3 Å². The van der Waals surface area contributed by atoms with Gasteiger partial charge >= 0.3 is 0 Å². The molecule has 4 rings (SSSR count). The minimum atomic E-state index is -0.0424. The van der Waals surface area contributed by atoms with E-state index in [9.17, 15) is 5.11 Å². The van der Waals surface area contributed by atoms with Crippen molar-refractivity contribution >= 4 is 16.3 Å². The van der Waals surface area contributed by atoms with E-state index in [4.69, 9.17) is 10.1 Å². The molecule has 0 amide bonds. The molecule has 0 atom stereocenters. The largest absolute Gasteiger partial charge is 0.390 e. The molecule has 0 spiro atoms. The van der Waals surface area contributed by atoms with Gasteiger partial charge in [0.2, 0.25) is 4.96 Å². The highest BCUT2D eigenvalue weighted by Gasteiger charge is 2.23. The van der Waals surface area contributed by atoms with Gasteiger partial charge in [-0.25, -0.2) is 9.50 Å². The van der Waals surface area contributed by atoms with Crippen LogP contribution in [0.15, 0.2) is 30.3 Å². The molecular weight excluding hydrogens is 294 g/mol. The number of fused-ring (bicyclic) bond motifs is 1. The van der Waals surface area contributed by atoms with E-state index in [0.717, 1.165) is 21.9 Å². The molecule has 0 bridgehead atoms. The van der Waals surface area contributed by atoms with Gasteiger partial charge < -0.3 is 5.11 Å². The maximum absolute atomic E-state index is 9.79. The molecule has 0 aliphatic heterocycles. The summed E-state index contributed by atoms with van der Waals surface area (Å²) in [5, 5.41) is 15.7. The fourth-order valence-corrected chi connectivity index (χ4v) is 4.37. The van der Waals surface area contributed by atoms with E-state index >= 15 is 0 Å². The summed E-state index contributed by atoms with van der Waals surface area (Å²) in [5.41, 5.74) is 2.67. The Kier molecular flexibility index (Phi) is 3.68. The standard InChI is InChI=1S/C17H19N3OS/c21-11-14-15(12-7-3-1-4-8-12)18-17-20(14)19-16(22-17)13-9-5-2-6-10-13/h1,3-4,7-8,13,21H,2,5-6,9-11H2. The van der Waals surface area contributed by atoms with Crippen molar-refractivity contribution in [1.29, 1.82) is 0 Å². The van der Waals surface area contributed by atoms with E-state index in [-0.39, 0.29) is 6.61 Å². The van der Waals surface area contributed by atoms with E-state index in [1.807, 2.05) is 34.8 Å². The van der Waals surface area contributed by atoms with Crippen LogP contribution in [0.3, 0.4) is 0 Å². The van der Waals surface area contributed by atoms with Gasteiger partial charge in [0.15, 0.2) is 0 Å². The van der Waals surface area contributed by atoms with Crippen molar-refractivity contribution < 1.29 is 5.11 Å². The molecule has 3 aromatic rings. The van der Waals surface area contributed by atoms with Crippen LogP contribution in [0.25, 0.3) is 16.2 Å². The first-order valence-corrected chi connectivity index (χ1v) is 8.73. The smallest absolute Gasteiger partial charge is 0.213 e. The quantitative estimate of drug-likeness (QED) is 0.795. The van der Waals surface area contributed by atoms with Crippen molar-refractivity contribution in [1.82, 2.24) is 14.6 Å². The highest BCUT2D eigenvalue weighted by molar-refractivity contribution is 7.16. The summed E-state index contributed by atoms with van der Waals surface area (Å²) in [5.74, 6) is 0.576. The van der Waals surface area contributed by atoms with Crippen LogP contribution in [0.1, 0.15) is 48.7 Å². The fraction of sp³-hybridized carbons (Fsp3) is 0.412. The maximum Gasteiger partial charge on any atom is 0.213 e. The molecule has 1 N–H and O–H groups in total. The zero-order chi connectivity index (χ0) is 14.9. The number of aliphatic hydroxyl groups excluding tert-OH is 1. The van der Waals surface area contributed by atoms with Crippen molar-refractivity contribution in [3.05, 3.63) is 41.0 Å². The molecule has 0 saturated heterocycles. The van der Waals surface area contributed by atoms with E-state index < -0.39 is 0 Å². The number of aliphatic hydroxyl groups is 1. The van der Waals surface area contributed by atoms with Gasteiger partial charge in [-0.2, -0.15) is 5.10 Å². The monoisotopic (exact) mass is 313 g/mol. The average Bonchev–Trinajstić information content (AvgIpc) is 3.14. The number of aromatic nitrogens is 3. The molecule has 1 fully saturated rings. The zero-order valence-electron chi connectivity index (χ0n) is 12.4. The van der Waals surface area contributed by atoms with Crippen LogP contribution in [-0.2, 0) is 6.61 Å². The predicted octanol–water partition coefficient (Wildman–Crippen LogP) is 4.00. The van der Waals surface area contributed by atoms with Crippen LogP contribution >= 0.6 is 11.3 Å². The fourth-order valence-electron chi connectivity index (χ4n) is 3.29. The van der Waals surface area contributed by atoms with Crippen LogP contribution < -0.4 is 0 Å². The van der Waals surface area contributed by atoms with Crippen LogP contribution in [0.4, 0.5) is 0 Å². The Morgan fingerprint density at radius 3 is 2.64 bits per heavy atom. The Balaban J connectivity index is 1.77. The molecule has 1 aromatic carbocycles. The summed E-state index contributed by atoms with van der Waals surface area (Å²) in [7, 11) is 0. The molecule has 1 saturated carbocycles. The maximum atomic E-state index is 9.79. The molecular formula is C17H19N3OS. The molecule has 4 nitrogen and oxygen atoms in total. The second kappa shape index (κ2) is 5.82. The number of rotatable bonds is 3. The first-order chi connectivity index (χ1) is 10.9. The molecule has 0 unspecified atom stereocenters. The third-order valence-corrected chi connectivity index (χ3v) is 5.53. The Hall–Kier alpha value is -1.72. The molecule has 5 heteroatoms. The van der Waals surface area contributed by atoms with Crippen molar-refractivity contribution in [2.75, 3.05) is 0 Å². The topological polar surface area (TPSA) is 50.4 Å². The van der Waals surface area contributed by atoms with Crippen LogP contribution in [0.5, 0.6) is 0 Å². The van der Waals surface area contributed by atoms with Gasteiger partial charge in [0.25, 0.3) is 0 Å². The molecule has 1 aliphatic carbocycles. The van der Waals surface area contributed by atoms with Crippen LogP contribution in [-0.4, -0.2) is 19.7 Å². The Labute approximate surface area is 133 Å². The van der Waals surface area contributed by atoms with Gasteiger partial charge in [0, 0.05) is 11.5 Å². The molecule has 114 valence electrons. The first-order valence-electron chi connectivity index (χ1n) is 7.91. The van der Waals surface area contributed by atoms with E-state index in [1.165, 1.54) is 37.1 Å². The van der Waals surface area contributed by atoms with Gasteiger partial charge in [-0.15, -0.1) is 0 Å². The summed E-state index contributed by atoms with van der Waals surface area (Å²) in [6.45, 7) is -0.0424. The minimum Gasteiger partial charge on any atom is -0.390 e. The van der Waals surface area contributed by atoms with Crippen LogP contribution in [0.2, 0.25) is 0 Å². The second-order valence-electron chi connectivity index (χ2n) is 5.90. The normalized spacial score (nSPS) is 16.4. The third-order valence-electron chi connectivity index (χ3n) is 4.46. The predicted molar refractivity (Wildman–Crippen MR) is 88.0 cm³/mol. The highest BCUT2D eigenvalue weighted by Crippen LogP contribution is 2.36. The molecule has 22 heavy (non-hydrogen) atoms. The molecule has 1 aliphatic rings. The average molecular weight is 313 g/mol. The zero-order valence-corrected chi connectivity index (χ0v) is 13.2. The summed E-state index contributed by atoms with van der Waals surface area (Å²) in [6, 6.07) is 10.0. The summed E-state index contributed by atoms with van der Waals surface area (Å²) in [6.07, 6.45) is 6.41. The van der Waals surface area contributed by atoms with Gasteiger partial charge in [-0.3, -0.25) is 0 Å². The van der Waals surface area contributed by atoms with E-state index in [1.54, 1.807) is 11.3 Å². The van der Waals surface area contributed by atoms with E-state index in [2.05, 4.69) is 0 Å². The molecule has 2 aromatic heterocycles. The Morgan fingerprint density at radius 2 is 1.91 bits per heavy atom. The van der Waals surface area contributed by atoms with E-state index in [0.29, 0.717) is 5.92 Å². The highest BCUT2D eigenvalue weighted by atomic mass is 32.1. The number of hydrogen-bond acceptors (Lipinski definition) is 4. The van der Waals surface area contributed by atoms with Gasteiger partial charge in [-0.1, -0.05) is 60.9 Å².